The third-order valence-corrected chi connectivity index (χ3v) is 5.05. The zero-order valence-electron chi connectivity index (χ0n) is 14.3. The third kappa shape index (κ3) is 3.35. The van der Waals surface area contributed by atoms with Crippen molar-refractivity contribution < 1.29 is 9.53 Å². The van der Waals surface area contributed by atoms with Gasteiger partial charge in [-0.1, -0.05) is 12.1 Å². The van der Waals surface area contributed by atoms with Crippen molar-refractivity contribution in [2.24, 2.45) is 0 Å². The molecule has 2 heterocycles. The van der Waals surface area contributed by atoms with Gasteiger partial charge in [0.15, 0.2) is 0 Å². The first kappa shape index (κ1) is 16.0. The monoisotopic (exact) mass is 338 g/mol. The summed E-state index contributed by atoms with van der Waals surface area (Å²) in [5.74, 6) is 0.758. The topological polar surface area (TPSA) is 67.3 Å². The number of methoxy groups -OCH3 is 1. The lowest BCUT2D eigenvalue weighted by Gasteiger charge is -2.29. The van der Waals surface area contributed by atoms with Crippen LogP contribution in [0.3, 0.4) is 0 Å². The van der Waals surface area contributed by atoms with Gasteiger partial charge in [-0.3, -0.25) is 9.69 Å². The summed E-state index contributed by atoms with van der Waals surface area (Å²) < 4.78 is 5.39. The molecular weight excluding hydrogens is 316 g/mol. The molecule has 4 rings (SSSR count). The number of amides is 1. The van der Waals surface area contributed by atoms with E-state index in [1.165, 1.54) is 24.6 Å². The first-order valence-electron chi connectivity index (χ1n) is 8.73. The van der Waals surface area contributed by atoms with Gasteiger partial charge in [0.2, 0.25) is 0 Å². The molecule has 25 heavy (non-hydrogen) atoms. The van der Waals surface area contributed by atoms with Crippen LogP contribution in [0.2, 0.25) is 0 Å². The van der Waals surface area contributed by atoms with Gasteiger partial charge in [-0.15, -0.1) is 0 Å². The Hall–Kier alpha value is -2.47. The maximum absolute atomic E-state index is 12.6. The van der Waals surface area contributed by atoms with E-state index >= 15 is 0 Å². The van der Waals surface area contributed by atoms with Crippen molar-refractivity contribution in [1.29, 1.82) is 0 Å². The van der Waals surface area contributed by atoms with Crippen LogP contribution in [0.25, 0.3) is 0 Å². The third-order valence-electron chi connectivity index (χ3n) is 5.05. The number of hydrogen-bond acceptors (Lipinski definition) is 5. The summed E-state index contributed by atoms with van der Waals surface area (Å²) in [6.45, 7) is 1.01. The number of aromatic nitrogens is 2. The van der Waals surface area contributed by atoms with E-state index < -0.39 is 0 Å². The number of hydrogen-bond donors (Lipinski definition) is 1. The molecule has 2 fully saturated rings. The molecule has 1 amide bonds. The lowest BCUT2D eigenvalue weighted by molar-refractivity contribution is 0.0923. The molecule has 2 aromatic rings. The fraction of sp³-hybridized carbons (Fsp3) is 0.421. The van der Waals surface area contributed by atoms with E-state index in [-0.39, 0.29) is 18.0 Å². The van der Waals surface area contributed by atoms with Crippen LogP contribution in [-0.4, -0.2) is 46.7 Å². The molecular formula is C19H22N4O2. The molecule has 1 saturated heterocycles. The molecule has 2 atom stereocenters. The maximum atomic E-state index is 12.6. The normalized spacial score (nSPS) is 23.4. The van der Waals surface area contributed by atoms with E-state index in [0.717, 1.165) is 18.7 Å². The minimum atomic E-state index is -0.0922. The van der Waals surface area contributed by atoms with Crippen LogP contribution in [0.15, 0.2) is 42.7 Å². The Balaban J connectivity index is 1.58. The molecule has 2 aliphatic rings. The molecule has 0 radical (unpaired) electrons. The van der Waals surface area contributed by atoms with Crippen molar-refractivity contribution in [3.05, 3.63) is 53.9 Å². The van der Waals surface area contributed by atoms with Gasteiger partial charge in [0, 0.05) is 12.6 Å². The van der Waals surface area contributed by atoms with Crippen LogP contribution in [-0.2, 0) is 0 Å². The zero-order chi connectivity index (χ0) is 17.2. The Morgan fingerprint density at radius 2 is 2.12 bits per heavy atom. The second-order valence-electron chi connectivity index (χ2n) is 6.69. The van der Waals surface area contributed by atoms with Crippen LogP contribution >= 0.6 is 0 Å². The molecule has 1 aliphatic carbocycles. The number of carbonyl (C=O) groups is 1. The SMILES string of the molecule is COc1cccc([C@@H]2[C@H](NC(=O)c3ccnnc3)CCN2C2CC2)c1. The highest BCUT2D eigenvalue weighted by atomic mass is 16.5. The van der Waals surface area contributed by atoms with Gasteiger partial charge in [0.1, 0.15) is 5.75 Å². The Morgan fingerprint density at radius 1 is 1.24 bits per heavy atom. The Labute approximate surface area is 147 Å². The van der Waals surface area contributed by atoms with Crippen molar-refractivity contribution in [3.63, 3.8) is 0 Å². The summed E-state index contributed by atoms with van der Waals surface area (Å²) in [6, 6.07) is 10.8. The van der Waals surface area contributed by atoms with Gasteiger partial charge in [-0.2, -0.15) is 10.2 Å². The van der Waals surface area contributed by atoms with Crippen molar-refractivity contribution >= 4 is 5.91 Å². The summed E-state index contributed by atoms with van der Waals surface area (Å²) in [6.07, 6.45) is 6.48. The van der Waals surface area contributed by atoms with Gasteiger partial charge in [0.05, 0.1) is 37.2 Å². The molecule has 1 aromatic heterocycles. The highest BCUT2D eigenvalue weighted by Crippen LogP contribution is 2.41. The highest BCUT2D eigenvalue weighted by molar-refractivity contribution is 5.94. The summed E-state index contributed by atoms with van der Waals surface area (Å²) in [7, 11) is 1.68. The first-order chi connectivity index (χ1) is 12.3. The van der Waals surface area contributed by atoms with E-state index in [2.05, 4.69) is 32.5 Å². The fourth-order valence-electron chi connectivity index (χ4n) is 3.71. The lowest BCUT2D eigenvalue weighted by Crippen LogP contribution is -2.40. The van der Waals surface area contributed by atoms with Crippen LogP contribution in [0.1, 0.15) is 41.2 Å². The van der Waals surface area contributed by atoms with Gasteiger partial charge in [-0.25, -0.2) is 0 Å². The average Bonchev–Trinajstić information content (AvgIpc) is 3.43. The minimum Gasteiger partial charge on any atom is -0.497 e. The minimum absolute atomic E-state index is 0.0772. The number of rotatable bonds is 5. The molecule has 130 valence electrons. The number of ether oxygens (including phenoxy) is 1. The van der Waals surface area contributed by atoms with E-state index in [1.807, 2.05) is 12.1 Å². The summed E-state index contributed by atoms with van der Waals surface area (Å²) in [4.78, 5) is 15.1. The number of benzene rings is 1. The van der Waals surface area contributed by atoms with Gasteiger partial charge >= 0.3 is 0 Å². The quantitative estimate of drug-likeness (QED) is 0.905. The summed E-state index contributed by atoms with van der Waals surface area (Å²) in [5.41, 5.74) is 1.74. The maximum Gasteiger partial charge on any atom is 0.253 e. The number of carbonyl (C=O) groups excluding carboxylic acids is 1. The fourth-order valence-corrected chi connectivity index (χ4v) is 3.71. The molecule has 1 aliphatic heterocycles. The van der Waals surface area contributed by atoms with E-state index in [0.29, 0.717) is 11.6 Å². The van der Waals surface area contributed by atoms with Crippen LogP contribution in [0.5, 0.6) is 5.75 Å². The Kier molecular flexibility index (Phi) is 4.36. The lowest BCUT2D eigenvalue weighted by atomic mass is 9.99. The molecule has 6 heteroatoms. The molecule has 0 spiro atoms. The Bertz CT molecular complexity index is 748. The molecule has 1 saturated carbocycles. The number of likely N-dealkylation sites (tertiary alicyclic amines) is 1. The van der Waals surface area contributed by atoms with Crippen LogP contribution in [0, 0.1) is 0 Å². The standard InChI is InChI=1S/C19H22N4O2/c1-25-16-4-2-3-13(11-16)18-17(8-10-23(18)15-5-6-15)22-19(24)14-7-9-20-21-12-14/h2-4,7,9,11-12,15,17-18H,5-6,8,10H2,1H3,(H,22,24)/t17-,18-/m1/s1. The zero-order valence-corrected chi connectivity index (χ0v) is 14.3. The van der Waals surface area contributed by atoms with Gasteiger partial charge in [-0.05, 0) is 43.0 Å². The largest absolute Gasteiger partial charge is 0.497 e. The van der Waals surface area contributed by atoms with Crippen molar-refractivity contribution in [3.8, 4) is 5.75 Å². The average molecular weight is 338 g/mol. The van der Waals surface area contributed by atoms with Gasteiger partial charge < -0.3 is 10.1 Å². The molecule has 0 bridgehead atoms. The second kappa shape index (κ2) is 6.80. The van der Waals surface area contributed by atoms with Crippen molar-refractivity contribution in [2.75, 3.05) is 13.7 Å². The van der Waals surface area contributed by atoms with Crippen LogP contribution in [0.4, 0.5) is 0 Å². The summed E-state index contributed by atoms with van der Waals surface area (Å²) in [5, 5.41) is 10.7. The molecule has 1 aromatic carbocycles. The molecule has 6 nitrogen and oxygen atoms in total. The van der Waals surface area contributed by atoms with E-state index in [1.54, 1.807) is 19.4 Å². The van der Waals surface area contributed by atoms with E-state index in [4.69, 9.17) is 4.74 Å². The Morgan fingerprint density at radius 3 is 2.84 bits per heavy atom. The molecule has 1 N–H and O–H groups in total. The predicted molar refractivity (Wildman–Crippen MR) is 93.4 cm³/mol. The summed E-state index contributed by atoms with van der Waals surface area (Å²) >= 11 is 0. The smallest absolute Gasteiger partial charge is 0.253 e. The predicted octanol–water partition coefficient (Wildman–Crippen LogP) is 2.19. The molecule has 0 unspecified atom stereocenters. The van der Waals surface area contributed by atoms with E-state index in [9.17, 15) is 4.79 Å². The van der Waals surface area contributed by atoms with Crippen molar-refractivity contribution in [2.45, 2.75) is 37.4 Å². The second-order valence-corrected chi connectivity index (χ2v) is 6.69. The highest BCUT2D eigenvalue weighted by Gasteiger charge is 2.43. The number of nitrogens with zero attached hydrogens (tertiary/aromatic N) is 3. The number of nitrogens with one attached hydrogen (secondary N) is 1. The van der Waals surface area contributed by atoms with Crippen molar-refractivity contribution in [1.82, 2.24) is 20.4 Å². The van der Waals surface area contributed by atoms with Crippen LogP contribution < -0.4 is 10.1 Å². The first-order valence-corrected chi connectivity index (χ1v) is 8.73. The van der Waals surface area contributed by atoms with Gasteiger partial charge in [0.25, 0.3) is 5.91 Å².